The van der Waals surface area contributed by atoms with Gasteiger partial charge < -0.3 is 4.57 Å². The molecular formula is C66H47N5. The average molecular weight is 910 g/mol. The minimum atomic E-state index is -0.0505. The first-order chi connectivity index (χ1) is 34.8. The monoisotopic (exact) mass is 909 g/mol. The molecule has 0 aliphatic heterocycles. The molecule has 0 spiro atoms. The van der Waals surface area contributed by atoms with Gasteiger partial charge in [-0.2, -0.15) is 0 Å². The number of nitrogens with zero attached hydrogens (tertiary/aromatic N) is 5. The molecule has 0 atom stereocenters. The minimum absolute atomic E-state index is 0.0505. The summed E-state index contributed by atoms with van der Waals surface area (Å²) >= 11 is 0. The Balaban J connectivity index is 0.917. The maximum Gasteiger partial charge on any atom is 0.235 e. The van der Waals surface area contributed by atoms with Gasteiger partial charge in [0.1, 0.15) is 0 Å². The van der Waals surface area contributed by atoms with Crippen LogP contribution in [0.4, 0.5) is 0 Å². The van der Waals surface area contributed by atoms with Crippen LogP contribution in [0.2, 0.25) is 0 Å². The van der Waals surface area contributed by atoms with Crippen molar-refractivity contribution in [2.75, 3.05) is 0 Å². The molecule has 0 radical (unpaired) electrons. The summed E-state index contributed by atoms with van der Waals surface area (Å²) in [7, 11) is 0. The first kappa shape index (κ1) is 41.1. The normalized spacial score (nSPS) is 12.5. The Bertz CT molecular complexity index is 4360. The molecule has 0 saturated heterocycles. The van der Waals surface area contributed by atoms with Gasteiger partial charge in [0.25, 0.3) is 0 Å². The highest BCUT2D eigenvalue weighted by molar-refractivity contribution is 6.24. The highest BCUT2D eigenvalue weighted by Crippen LogP contribution is 2.54. The van der Waals surface area contributed by atoms with Gasteiger partial charge in [0, 0.05) is 61.2 Å². The maximum absolute atomic E-state index is 5.44. The van der Waals surface area contributed by atoms with E-state index in [1.807, 2.05) is 6.20 Å². The van der Waals surface area contributed by atoms with Crippen LogP contribution in [0.5, 0.6) is 0 Å². The van der Waals surface area contributed by atoms with E-state index in [0.29, 0.717) is 5.95 Å². The fraction of sp³-hybridized carbons (Fsp3) is 0.0758. The highest BCUT2D eigenvalue weighted by atomic mass is 15.2. The first-order valence-corrected chi connectivity index (χ1v) is 24.5. The summed E-state index contributed by atoms with van der Waals surface area (Å²) in [5.41, 5.74) is 18.9. The summed E-state index contributed by atoms with van der Waals surface area (Å²) in [5.74, 6) is 0.661. The molecule has 13 aromatic rings. The first-order valence-electron chi connectivity index (χ1n) is 24.5. The molecule has 4 heterocycles. The van der Waals surface area contributed by atoms with Gasteiger partial charge in [0.15, 0.2) is 0 Å². The minimum Gasteiger partial charge on any atom is -0.309 e. The lowest BCUT2D eigenvalue weighted by atomic mass is 9.86. The Morgan fingerprint density at radius 3 is 2.04 bits per heavy atom. The van der Waals surface area contributed by atoms with E-state index < -0.39 is 0 Å². The van der Waals surface area contributed by atoms with Crippen molar-refractivity contribution in [3.63, 3.8) is 0 Å². The van der Waals surface area contributed by atoms with Crippen molar-refractivity contribution in [1.29, 1.82) is 0 Å². The average Bonchev–Trinajstić information content (AvgIpc) is 4.06. The summed E-state index contributed by atoms with van der Waals surface area (Å²) in [6.45, 7) is 8.92. The number of aromatic nitrogens is 5. The summed E-state index contributed by atoms with van der Waals surface area (Å²) < 4.78 is 4.72. The van der Waals surface area contributed by atoms with E-state index in [-0.39, 0.29) is 5.41 Å². The Morgan fingerprint density at radius 2 is 1.23 bits per heavy atom. The lowest BCUT2D eigenvalue weighted by Crippen LogP contribution is -2.10. The topological polar surface area (TPSA) is 48.5 Å². The molecular weight excluding hydrogens is 863 g/mol. The predicted molar refractivity (Wildman–Crippen MR) is 298 cm³/mol. The third-order valence-corrected chi connectivity index (χ3v) is 14.7. The van der Waals surface area contributed by atoms with Crippen LogP contribution in [0.15, 0.2) is 206 Å². The second kappa shape index (κ2) is 15.5. The Labute approximate surface area is 411 Å². The van der Waals surface area contributed by atoms with Gasteiger partial charge in [0.2, 0.25) is 5.95 Å². The number of hydrogen-bond donors (Lipinski definition) is 0. The van der Waals surface area contributed by atoms with Gasteiger partial charge in [-0.25, -0.2) is 9.97 Å². The molecule has 4 aromatic heterocycles. The number of benzene rings is 9. The molecule has 1 aliphatic rings. The zero-order valence-corrected chi connectivity index (χ0v) is 39.9. The lowest BCUT2D eigenvalue weighted by molar-refractivity contribution is 0.591. The fourth-order valence-corrected chi connectivity index (χ4v) is 11.4. The highest BCUT2D eigenvalue weighted by Gasteiger charge is 2.32. The van der Waals surface area contributed by atoms with Crippen molar-refractivity contribution in [3.8, 4) is 67.7 Å². The van der Waals surface area contributed by atoms with E-state index in [1.54, 1.807) is 0 Å². The second-order valence-corrected chi connectivity index (χ2v) is 20.0. The molecule has 0 amide bonds. The van der Waals surface area contributed by atoms with E-state index in [1.165, 1.54) is 76.6 Å². The van der Waals surface area contributed by atoms with Crippen LogP contribution in [0.25, 0.3) is 139 Å². The van der Waals surface area contributed by atoms with E-state index >= 15 is 0 Å². The van der Waals surface area contributed by atoms with E-state index in [2.05, 4.69) is 243 Å². The van der Waals surface area contributed by atoms with Crippen LogP contribution in [-0.4, -0.2) is 24.1 Å². The molecule has 71 heavy (non-hydrogen) atoms. The Morgan fingerprint density at radius 1 is 0.479 bits per heavy atom. The number of rotatable bonds is 6. The molecule has 5 nitrogen and oxygen atoms in total. The van der Waals surface area contributed by atoms with E-state index in [4.69, 9.17) is 15.0 Å². The van der Waals surface area contributed by atoms with Crippen molar-refractivity contribution < 1.29 is 0 Å². The van der Waals surface area contributed by atoms with Gasteiger partial charge >= 0.3 is 0 Å². The molecule has 9 aromatic carbocycles. The zero-order valence-electron chi connectivity index (χ0n) is 39.9. The maximum atomic E-state index is 5.44. The molecule has 5 heteroatoms. The van der Waals surface area contributed by atoms with Crippen molar-refractivity contribution >= 4 is 71.2 Å². The van der Waals surface area contributed by atoms with Crippen molar-refractivity contribution in [2.24, 2.45) is 0 Å². The summed E-state index contributed by atoms with van der Waals surface area (Å²) in [6, 6.07) is 70.5. The van der Waals surface area contributed by atoms with E-state index in [0.717, 1.165) is 61.4 Å². The van der Waals surface area contributed by atoms with Crippen LogP contribution in [0, 0.1) is 0 Å². The number of pyridine rings is 1. The third-order valence-electron chi connectivity index (χ3n) is 14.7. The van der Waals surface area contributed by atoms with Gasteiger partial charge in [-0.15, -0.1) is 0 Å². The second-order valence-electron chi connectivity index (χ2n) is 20.0. The molecule has 336 valence electrons. The number of fused-ring (bicyclic) bond motifs is 11. The smallest absolute Gasteiger partial charge is 0.235 e. The molecule has 0 unspecified atom stereocenters. The summed E-state index contributed by atoms with van der Waals surface area (Å²) in [4.78, 5) is 16.0. The standard InChI is InChI=1S/C66H47N5/c1-5-14-40-23-29-48(30-24-40)70-57-32-27-43(36-52(57)61-49-19-10-9-15-41(49)26-33-59(61)70)45-25-31-55(67-39-45)46-35-44-18-13-21-51-60(44)54(37-46)62-53-38-47(66(2,3)4)28-34-58(53)71(64(51)62)65-68-56-22-12-11-20-50(56)63(69-65)42-16-7-6-8-17-42/h5-39H,1-4H3/b14-5+. The number of hydrogen-bond acceptors (Lipinski definition) is 3. The van der Waals surface area contributed by atoms with Gasteiger partial charge in [-0.3, -0.25) is 9.55 Å². The Hall–Kier alpha value is -8.93. The molecule has 0 saturated carbocycles. The summed E-state index contributed by atoms with van der Waals surface area (Å²) in [6.07, 6.45) is 6.27. The van der Waals surface area contributed by atoms with Crippen molar-refractivity contribution in [2.45, 2.75) is 33.1 Å². The molecule has 1 aliphatic carbocycles. The third kappa shape index (κ3) is 6.36. The van der Waals surface area contributed by atoms with Crippen LogP contribution in [0.3, 0.4) is 0 Å². The lowest BCUT2D eigenvalue weighted by Gasteiger charge is -2.19. The molecule has 0 fully saturated rings. The quantitative estimate of drug-likeness (QED) is 0.167. The molecule has 0 N–H and O–H groups in total. The number of allylic oxidation sites excluding steroid dienone is 1. The summed E-state index contributed by atoms with van der Waals surface area (Å²) in [5, 5.41) is 9.61. The molecule has 0 bridgehead atoms. The predicted octanol–water partition coefficient (Wildman–Crippen LogP) is 17.4. The zero-order chi connectivity index (χ0) is 47.5. The van der Waals surface area contributed by atoms with Crippen LogP contribution in [0.1, 0.15) is 38.8 Å². The van der Waals surface area contributed by atoms with Crippen molar-refractivity contribution in [1.82, 2.24) is 24.1 Å². The van der Waals surface area contributed by atoms with E-state index in [9.17, 15) is 0 Å². The largest absolute Gasteiger partial charge is 0.309 e. The Kier molecular flexibility index (Phi) is 8.99. The molecule has 14 rings (SSSR count). The van der Waals surface area contributed by atoms with Crippen LogP contribution >= 0.6 is 0 Å². The van der Waals surface area contributed by atoms with Gasteiger partial charge in [0.05, 0.1) is 39.1 Å². The van der Waals surface area contributed by atoms with Gasteiger partial charge in [-0.1, -0.05) is 160 Å². The van der Waals surface area contributed by atoms with Crippen LogP contribution < -0.4 is 0 Å². The number of para-hydroxylation sites is 1. The fourth-order valence-electron chi connectivity index (χ4n) is 11.4. The van der Waals surface area contributed by atoms with Gasteiger partial charge in [-0.05, 0) is 123 Å². The van der Waals surface area contributed by atoms with Crippen LogP contribution in [-0.2, 0) is 5.41 Å². The SMILES string of the molecule is C/C=C/c1ccc(-n2c3ccc(-c4ccc(-c5cc6c7c(cccc7c5)-c5c-6c6cc(C(C)(C)C)ccc6n5-c5nc(-c6ccccc6)c6ccccc6n5)nc4)cc3c3c4ccccc4ccc32)cc1. The van der Waals surface area contributed by atoms with Crippen molar-refractivity contribution in [3.05, 3.63) is 218 Å².